The molecule has 2 aromatic heterocycles. The van der Waals surface area contributed by atoms with E-state index in [2.05, 4.69) is 4.90 Å². The van der Waals surface area contributed by atoms with Gasteiger partial charge in [0.05, 0.1) is 10.9 Å². The highest BCUT2D eigenvalue weighted by molar-refractivity contribution is 7.19. The first-order valence-electron chi connectivity index (χ1n) is 9.92. The van der Waals surface area contributed by atoms with Crippen LogP contribution in [0, 0.1) is 12.7 Å². The van der Waals surface area contributed by atoms with Crippen molar-refractivity contribution in [3.63, 3.8) is 0 Å². The quantitative estimate of drug-likeness (QED) is 0.652. The van der Waals surface area contributed by atoms with Crippen LogP contribution in [0.4, 0.5) is 10.1 Å². The molecule has 0 atom stereocenters. The standard InChI is InChI=1S/C22H24FN3O2S/c1-3-9-25-10-8-18-20(22(25)28)19(15(2)29-18)21(27)26-13-11-24(12-14-26)17-6-4-16(23)5-7-17/h4-8,10H,3,9,11-14H2,1-2H3. The molecule has 3 aromatic rings. The second-order valence-electron chi connectivity index (χ2n) is 7.34. The second-order valence-corrected chi connectivity index (χ2v) is 8.60. The number of anilines is 1. The number of pyridine rings is 1. The molecule has 7 heteroatoms. The largest absolute Gasteiger partial charge is 0.368 e. The van der Waals surface area contributed by atoms with Gasteiger partial charge in [-0.25, -0.2) is 4.39 Å². The Morgan fingerprint density at radius 1 is 1.10 bits per heavy atom. The van der Waals surface area contributed by atoms with Crippen LogP contribution in [0.2, 0.25) is 0 Å². The predicted octanol–water partition coefficient (Wildman–Crippen LogP) is 3.88. The van der Waals surface area contributed by atoms with E-state index < -0.39 is 0 Å². The maximum Gasteiger partial charge on any atom is 0.260 e. The van der Waals surface area contributed by atoms with Gasteiger partial charge >= 0.3 is 0 Å². The first kappa shape index (κ1) is 19.6. The van der Waals surface area contributed by atoms with Gasteiger partial charge in [0.15, 0.2) is 0 Å². The fourth-order valence-corrected chi connectivity index (χ4v) is 4.96. The Morgan fingerprint density at radius 3 is 2.45 bits per heavy atom. The minimum absolute atomic E-state index is 0.0705. The lowest BCUT2D eigenvalue weighted by Crippen LogP contribution is -2.49. The fraction of sp³-hybridized carbons (Fsp3) is 0.364. The number of amides is 1. The van der Waals surface area contributed by atoms with Crippen LogP contribution in [0.15, 0.2) is 41.3 Å². The molecule has 5 nitrogen and oxygen atoms in total. The number of carbonyl (C=O) groups excluding carboxylic acids is 1. The molecule has 152 valence electrons. The van der Waals surface area contributed by atoms with Gasteiger partial charge in [-0.3, -0.25) is 9.59 Å². The number of aromatic nitrogens is 1. The average Bonchev–Trinajstić information content (AvgIpc) is 3.07. The predicted molar refractivity (Wildman–Crippen MR) is 116 cm³/mol. The molecule has 0 N–H and O–H groups in total. The SMILES string of the molecule is CCCn1ccc2sc(C)c(C(=O)N3CCN(c4ccc(F)cc4)CC3)c2c1=O. The second kappa shape index (κ2) is 7.99. The zero-order chi connectivity index (χ0) is 20.5. The molecule has 1 aromatic carbocycles. The summed E-state index contributed by atoms with van der Waals surface area (Å²) in [6, 6.07) is 8.37. The molecule has 0 bridgehead atoms. The zero-order valence-corrected chi connectivity index (χ0v) is 17.5. The Morgan fingerprint density at radius 2 is 1.79 bits per heavy atom. The summed E-state index contributed by atoms with van der Waals surface area (Å²) < 4.78 is 15.7. The molecule has 0 spiro atoms. The maximum atomic E-state index is 13.3. The van der Waals surface area contributed by atoms with Gasteiger partial charge in [0, 0.05) is 54.2 Å². The number of benzene rings is 1. The van der Waals surface area contributed by atoms with Gasteiger partial charge in [-0.15, -0.1) is 11.3 Å². The lowest BCUT2D eigenvalue weighted by atomic mass is 10.1. The normalized spacial score (nSPS) is 14.6. The van der Waals surface area contributed by atoms with E-state index in [1.54, 1.807) is 16.7 Å². The van der Waals surface area contributed by atoms with Crippen molar-refractivity contribution in [3.05, 3.63) is 63.1 Å². The summed E-state index contributed by atoms with van der Waals surface area (Å²) in [5.74, 6) is -0.324. The van der Waals surface area contributed by atoms with Gasteiger partial charge in [0.2, 0.25) is 0 Å². The van der Waals surface area contributed by atoms with E-state index in [1.807, 2.05) is 31.0 Å². The highest BCUT2D eigenvalue weighted by Gasteiger charge is 2.27. The number of thiophene rings is 1. The number of hydrogen-bond donors (Lipinski definition) is 0. The molecule has 1 saturated heterocycles. The molecule has 0 radical (unpaired) electrons. The van der Waals surface area contributed by atoms with E-state index in [4.69, 9.17) is 0 Å². The Hall–Kier alpha value is -2.67. The molecule has 29 heavy (non-hydrogen) atoms. The summed E-state index contributed by atoms with van der Waals surface area (Å²) in [5.41, 5.74) is 1.43. The van der Waals surface area contributed by atoms with Crippen LogP contribution in [0.5, 0.6) is 0 Å². The van der Waals surface area contributed by atoms with E-state index in [-0.39, 0.29) is 17.3 Å². The summed E-state index contributed by atoms with van der Waals surface area (Å²) >= 11 is 1.50. The zero-order valence-electron chi connectivity index (χ0n) is 16.7. The average molecular weight is 414 g/mol. The number of carbonyl (C=O) groups is 1. The van der Waals surface area contributed by atoms with E-state index >= 15 is 0 Å². The van der Waals surface area contributed by atoms with Gasteiger partial charge in [-0.2, -0.15) is 0 Å². The maximum absolute atomic E-state index is 13.3. The van der Waals surface area contributed by atoms with Crippen LogP contribution >= 0.6 is 11.3 Å². The number of aryl methyl sites for hydroxylation is 2. The topological polar surface area (TPSA) is 45.6 Å². The Kier molecular flexibility index (Phi) is 5.41. The first-order chi connectivity index (χ1) is 14.0. The summed E-state index contributed by atoms with van der Waals surface area (Å²) in [5, 5.41) is 0.550. The molecule has 1 aliphatic rings. The summed E-state index contributed by atoms with van der Waals surface area (Å²) in [6.07, 6.45) is 2.68. The van der Waals surface area contributed by atoms with Gasteiger partial charge in [0.25, 0.3) is 11.5 Å². The van der Waals surface area contributed by atoms with Crippen LogP contribution in [-0.4, -0.2) is 41.6 Å². The third-order valence-electron chi connectivity index (χ3n) is 5.43. The molecule has 0 saturated carbocycles. The van der Waals surface area contributed by atoms with E-state index in [0.29, 0.717) is 43.7 Å². The van der Waals surface area contributed by atoms with Crippen molar-refractivity contribution in [2.24, 2.45) is 0 Å². The molecule has 1 aliphatic heterocycles. The Labute approximate surface area is 173 Å². The molecule has 1 fully saturated rings. The summed E-state index contributed by atoms with van der Waals surface area (Å²) in [7, 11) is 0. The van der Waals surface area contributed by atoms with Crippen molar-refractivity contribution >= 4 is 33.0 Å². The van der Waals surface area contributed by atoms with Gasteiger partial charge < -0.3 is 14.4 Å². The number of piperazine rings is 1. The highest BCUT2D eigenvalue weighted by atomic mass is 32.1. The molecular formula is C22H24FN3O2S. The molecular weight excluding hydrogens is 389 g/mol. The summed E-state index contributed by atoms with van der Waals surface area (Å²) in [4.78, 5) is 31.1. The monoisotopic (exact) mass is 413 g/mol. The number of fused-ring (bicyclic) bond motifs is 1. The van der Waals surface area contributed by atoms with Crippen molar-refractivity contribution in [1.29, 1.82) is 0 Å². The number of rotatable bonds is 4. The van der Waals surface area contributed by atoms with Gasteiger partial charge in [0.1, 0.15) is 5.82 Å². The third kappa shape index (κ3) is 3.67. The van der Waals surface area contributed by atoms with Gasteiger partial charge in [-0.1, -0.05) is 6.92 Å². The van der Waals surface area contributed by atoms with Crippen LogP contribution in [-0.2, 0) is 6.54 Å². The van der Waals surface area contributed by atoms with E-state index in [1.165, 1.54) is 23.5 Å². The van der Waals surface area contributed by atoms with Crippen LogP contribution < -0.4 is 10.5 Å². The fourth-order valence-electron chi connectivity index (χ4n) is 3.92. The van der Waals surface area contributed by atoms with Crippen molar-refractivity contribution in [2.75, 3.05) is 31.1 Å². The molecule has 3 heterocycles. The van der Waals surface area contributed by atoms with E-state index in [0.717, 1.165) is 21.7 Å². The third-order valence-corrected chi connectivity index (χ3v) is 6.50. The van der Waals surface area contributed by atoms with E-state index in [9.17, 15) is 14.0 Å². The Bertz CT molecular complexity index is 1100. The molecule has 4 rings (SSSR count). The van der Waals surface area contributed by atoms with Crippen molar-refractivity contribution in [3.8, 4) is 0 Å². The number of hydrogen-bond acceptors (Lipinski definition) is 4. The van der Waals surface area contributed by atoms with Crippen LogP contribution in [0.25, 0.3) is 10.1 Å². The van der Waals surface area contributed by atoms with Crippen molar-refractivity contribution in [2.45, 2.75) is 26.8 Å². The Balaban J connectivity index is 1.58. The first-order valence-corrected chi connectivity index (χ1v) is 10.7. The lowest BCUT2D eigenvalue weighted by molar-refractivity contribution is 0.0748. The van der Waals surface area contributed by atoms with Crippen molar-refractivity contribution < 1.29 is 9.18 Å². The lowest BCUT2D eigenvalue weighted by Gasteiger charge is -2.36. The van der Waals surface area contributed by atoms with Gasteiger partial charge in [-0.05, 0) is 43.7 Å². The molecule has 0 aliphatic carbocycles. The number of halogens is 1. The molecule has 1 amide bonds. The smallest absolute Gasteiger partial charge is 0.260 e. The highest BCUT2D eigenvalue weighted by Crippen LogP contribution is 2.30. The molecule has 0 unspecified atom stereocenters. The van der Waals surface area contributed by atoms with Crippen molar-refractivity contribution in [1.82, 2.24) is 9.47 Å². The summed E-state index contributed by atoms with van der Waals surface area (Å²) in [6.45, 7) is 7.09. The van der Waals surface area contributed by atoms with Crippen LogP contribution in [0.3, 0.4) is 0 Å². The minimum atomic E-state index is -0.254. The van der Waals surface area contributed by atoms with Crippen LogP contribution in [0.1, 0.15) is 28.6 Å². The number of nitrogens with zero attached hydrogens (tertiary/aromatic N) is 3. The minimum Gasteiger partial charge on any atom is -0.368 e.